The van der Waals surface area contributed by atoms with E-state index in [4.69, 9.17) is 4.74 Å². The highest BCUT2D eigenvalue weighted by Crippen LogP contribution is 2.23. The van der Waals surface area contributed by atoms with Crippen LogP contribution in [0, 0.1) is 5.92 Å². The summed E-state index contributed by atoms with van der Waals surface area (Å²) < 4.78 is 6.85. The molecule has 0 N–H and O–H groups in total. The monoisotopic (exact) mass is 347 g/mol. The Morgan fingerprint density at radius 1 is 1.32 bits per heavy atom. The molecule has 0 atom stereocenters. The second-order valence-corrected chi connectivity index (χ2v) is 7.51. The molecule has 9 nitrogen and oxygen atoms in total. The van der Waals surface area contributed by atoms with Gasteiger partial charge in [0, 0.05) is 26.7 Å². The number of nitrogens with zero attached hydrogens (tertiary/aromatic N) is 7. The molecule has 25 heavy (non-hydrogen) atoms. The molecule has 1 amide bonds. The fourth-order valence-electron chi connectivity index (χ4n) is 2.96. The number of rotatable bonds is 3. The van der Waals surface area contributed by atoms with Gasteiger partial charge in [-0.15, -0.1) is 14.8 Å². The van der Waals surface area contributed by atoms with Crippen LogP contribution in [0.4, 0.5) is 10.6 Å². The van der Waals surface area contributed by atoms with Crippen LogP contribution in [0.25, 0.3) is 5.65 Å². The van der Waals surface area contributed by atoms with E-state index in [9.17, 15) is 4.79 Å². The normalized spacial score (nSPS) is 16.2. The van der Waals surface area contributed by atoms with Crippen molar-refractivity contribution in [2.24, 2.45) is 5.92 Å². The lowest BCUT2D eigenvalue weighted by Crippen LogP contribution is -2.41. The van der Waals surface area contributed by atoms with E-state index >= 15 is 0 Å². The Labute approximate surface area is 146 Å². The van der Waals surface area contributed by atoms with Gasteiger partial charge in [-0.2, -0.15) is 0 Å². The molecule has 0 spiro atoms. The summed E-state index contributed by atoms with van der Waals surface area (Å²) in [6.45, 7) is 8.15. The Balaban J connectivity index is 1.52. The quantitative estimate of drug-likeness (QED) is 0.833. The van der Waals surface area contributed by atoms with Crippen molar-refractivity contribution in [1.82, 2.24) is 30.2 Å². The topological polar surface area (TPSA) is 88.8 Å². The van der Waals surface area contributed by atoms with Crippen molar-refractivity contribution in [3.63, 3.8) is 0 Å². The number of fused-ring (bicyclic) bond motifs is 1. The van der Waals surface area contributed by atoms with Crippen molar-refractivity contribution >= 4 is 17.6 Å². The van der Waals surface area contributed by atoms with Crippen molar-refractivity contribution in [2.75, 3.05) is 31.6 Å². The minimum Gasteiger partial charge on any atom is -0.444 e. The Bertz CT molecular complexity index is 731. The van der Waals surface area contributed by atoms with Gasteiger partial charge in [-0.05, 0) is 62.1 Å². The molecule has 0 bridgehead atoms. The van der Waals surface area contributed by atoms with Crippen LogP contribution in [0.2, 0.25) is 0 Å². The predicted molar refractivity (Wildman–Crippen MR) is 92.4 cm³/mol. The minimum atomic E-state index is -0.463. The number of piperidine rings is 1. The number of tetrazole rings is 1. The van der Waals surface area contributed by atoms with Gasteiger partial charge in [-0.25, -0.2) is 4.79 Å². The van der Waals surface area contributed by atoms with Crippen molar-refractivity contribution < 1.29 is 9.53 Å². The van der Waals surface area contributed by atoms with Gasteiger partial charge in [-0.3, -0.25) is 0 Å². The highest BCUT2D eigenvalue weighted by atomic mass is 16.6. The SMILES string of the molecule is CN(CC1CCN(c2ccc3nnnn3n2)CC1)C(=O)OC(C)(C)C. The summed E-state index contributed by atoms with van der Waals surface area (Å²) >= 11 is 0. The predicted octanol–water partition coefficient (Wildman–Crippen LogP) is 1.60. The Morgan fingerprint density at radius 3 is 2.72 bits per heavy atom. The third-order valence-corrected chi connectivity index (χ3v) is 4.23. The number of aromatic nitrogens is 5. The minimum absolute atomic E-state index is 0.263. The van der Waals surface area contributed by atoms with Gasteiger partial charge >= 0.3 is 6.09 Å². The molecule has 1 aliphatic rings. The third kappa shape index (κ3) is 4.34. The molecule has 1 saturated heterocycles. The van der Waals surface area contributed by atoms with Gasteiger partial charge in [0.2, 0.25) is 0 Å². The van der Waals surface area contributed by atoms with Crippen LogP contribution in [-0.4, -0.2) is 68.5 Å². The molecule has 136 valence electrons. The molecule has 3 heterocycles. The summed E-state index contributed by atoms with van der Waals surface area (Å²) in [6, 6.07) is 3.81. The summed E-state index contributed by atoms with van der Waals surface area (Å²) in [5.74, 6) is 1.34. The van der Waals surface area contributed by atoms with E-state index < -0.39 is 5.60 Å². The number of carbonyl (C=O) groups excluding carboxylic acids is 1. The van der Waals surface area contributed by atoms with Crippen LogP contribution >= 0.6 is 0 Å². The van der Waals surface area contributed by atoms with Crippen molar-refractivity contribution in [1.29, 1.82) is 0 Å². The van der Waals surface area contributed by atoms with Gasteiger partial charge in [0.1, 0.15) is 5.60 Å². The molecule has 2 aromatic rings. The third-order valence-electron chi connectivity index (χ3n) is 4.23. The van der Waals surface area contributed by atoms with E-state index in [1.54, 1.807) is 11.9 Å². The number of hydrogen-bond donors (Lipinski definition) is 0. The molecule has 3 rings (SSSR count). The molecule has 0 aromatic carbocycles. The highest BCUT2D eigenvalue weighted by Gasteiger charge is 2.25. The smallest absolute Gasteiger partial charge is 0.410 e. The maximum absolute atomic E-state index is 12.1. The summed E-state index contributed by atoms with van der Waals surface area (Å²) in [7, 11) is 1.80. The average Bonchev–Trinajstić information content (AvgIpc) is 3.01. The summed E-state index contributed by atoms with van der Waals surface area (Å²) in [4.78, 5) is 16.0. The Morgan fingerprint density at radius 2 is 2.04 bits per heavy atom. The number of carbonyl (C=O) groups is 1. The van der Waals surface area contributed by atoms with Gasteiger partial charge in [0.15, 0.2) is 11.5 Å². The van der Waals surface area contributed by atoms with E-state index in [0.717, 1.165) is 31.7 Å². The highest BCUT2D eigenvalue weighted by molar-refractivity contribution is 5.67. The zero-order chi connectivity index (χ0) is 18.0. The first-order chi connectivity index (χ1) is 11.8. The van der Waals surface area contributed by atoms with Crippen molar-refractivity contribution in [3.8, 4) is 0 Å². The molecule has 1 aliphatic heterocycles. The number of hydrogen-bond acceptors (Lipinski definition) is 7. The van der Waals surface area contributed by atoms with Crippen LogP contribution in [0.5, 0.6) is 0 Å². The fraction of sp³-hybridized carbons (Fsp3) is 0.688. The van der Waals surface area contributed by atoms with E-state index in [-0.39, 0.29) is 6.09 Å². The lowest BCUT2D eigenvalue weighted by molar-refractivity contribution is 0.0266. The molecule has 1 fully saturated rings. The Hall–Kier alpha value is -2.45. The van der Waals surface area contributed by atoms with E-state index in [1.807, 2.05) is 32.9 Å². The van der Waals surface area contributed by atoms with Crippen molar-refractivity contribution in [3.05, 3.63) is 12.1 Å². The van der Waals surface area contributed by atoms with Gasteiger partial charge in [-0.1, -0.05) is 0 Å². The maximum atomic E-state index is 12.1. The molecule has 0 radical (unpaired) electrons. The standard InChI is InChI=1S/C16H25N7O2/c1-16(2,3)25-15(24)21(4)11-12-7-9-22(10-8-12)14-6-5-13-17-19-20-23(13)18-14/h5-6,12H,7-11H2,1-4H3. The number of anilines is 1. The van der Waals surface area contributed by atoms with Crippen molar-refractivity contribution in [2.45, 2.75) is 39.2 Å². The lowest BCUT2D eigenvalue weighted by atomic mass is 9.96. The van der Waals surface area contributed by atoms with Gasteiger partial charge in [0.25, 0.3) is 0 Å². The van der Waals surface area contributed by atoms with Crippen LogP contribution in [0.1, 0.15) is 33.6 Å². The molecule has 0 unspecified atom stereocenters. The maximum Gasteiger partial charge on any atom is 0.410 e. The fourth-order valence-corrected chi connectivity index (χ4v) is 2.96. The van der Waals surface area contributed by atoms with E-state index in [0.29, 0.717) is 18.1 Å². The number of ether oxygens (including phenoxy) is 1. The van der Waals surface area contributed by atoms with Gasteiger partial charge in [0.05, 0.1) is 0 Å². The number of amides is 1. The molecule has 0 saturated carbocycles. The van der Waals surface area contributed by atoms with Gasteiger partial charge < -0.3 is 14.5 Å². The largest absolute Gasteiger partial charge is 0.444 e. The average molecular weight is 347 g/mol. The zero-order valence-corrected chi connectivity index (χ0v) is 15.2. The molecular formula is C16H25N7O2. The second-order valence-electron chi connectivity index (χ2n) is 7.51. The van der Waals surface area contributed by atoms with E-state index in [1.165, 1.54) is 4.63 Å². The molecule has 2 aromatic heterocycles. The Kier molecular flexibility index (Phi) is 4.73. The molecule has 0 aliphatic carbocycles. The first-order valence-corrected chi connectivity index (χ1v) is 8.56. The van der Waals surface area contributed by atoms with E-state index in [2.05, 4.69) is 25.5 Å². The first kappa shape index (κ1) is 17.4. The first-order valence-electron chi connectivity index (χ1n) is 8.56. The second kappa shape index (κ2) is 6.81. The lowest BCUT2D eigenvalue weighted by Gasteiger charge is -2.34. The summed E-state index contributed by atoms with van der Waals surface area (Å²) in [5, 5.41) is 15.7. The zero-order valence-electron chi connectivity index (χ0n) is 15.2. The molecular weight excluding hydrogens is 322 g/mol. The summed E-state index contributed by atoms with van der Waals surface area (Å²) in [5.41, 5.74) is 0.174. The molecule has 9 heteroatoms. The van der Waals surface area contributed by atoms with Crippen LogP contribution in [-0.2, 0) is 4.74 Å². The summed E-state index contributed by atoms with van der Waals surface area (Å²) in [6.07, 6.45) is 1.74. The van der Waals surface area contributed by atoms with Crippen LogP contribution in [0.3, 0.4) is 0 Å². The van der Waals surface area contributed by atoms with Crippen LogP contribution < -0.4 is 4.90 Å². The van der Waals surface area contributed by atoms with Crippen LogP contribution in [0.15, 0.2) is 12.1 Å².